The van der Waals surface area contributed by atoms with Crippen LogP contribution in [0.5, 0.6) is 11.5 Å². The molecule has 0 aromatic heterocycles. The van der Waals surface area contributed by atoms with Gasteiger partial charge in [0, 0.05) is 24.2 Å². The molecule has 0 saturated carbocycles. The summed E-state index contributed by atoms with van der Waals surface area (Å²) in [5.74, 6) is 0.474. The zero-order valence-electron chi connectivity index (χ0n) is 15.4. The molecule has 146 valence electrons. The number of benzene rings is 2. The van der Waals surface area contributed by atoms with Crippen LogP contribution in [0.4, 0.5) is 0 Å². The number of hydrogen-bond acceptors (Lipinski definition) is 5. The second-order valence-corrected chi connectivity index (χ2v) is 6.47. The van der Waals surface area contributed by atoms with Crippen molar-refractivity contribution in [3.8, 4) is 11.5 Å². The van der Waals surface area contributed by atoms with Gasteiger partial charge in [0.15, 0.2) is 18.1 Å². The number of amides is 1. The number of esters is 1. The maximum Gasteiger partial charge on any atom is 0.331 e. The van der Waals surface area contributed by atoms with Crippen LogP contribution < -0.4 is 9.47 Å². The smallest absolute Gasteiger partial charge is 0.331 e. The Hall–Kier alpha value is -2.99. The summed E-state index contributed by atoms with van der Waals surface area (Å²) in [7, 11) is 0. The van der Waals surface area contributed by atoms with Crippen LogP contribution in [-0.4, -0.2) is 36.7 Å². The number of halogens is 1. The van der Waals surface area contributed by atoms with Crippen molar-refractivity contribution in [2.75, 3.05) is 19.9 Å². The first-order chi connectivity index (χ1) is 13.6. The zero-order chi connectivity index (χ0) is 19.9. The van der Waals surface area contributed by atoms with Gasteiger partial charge in [-0.25, -0.2) is 4.79 Å². The van der Waals surface area contributed by atoms with Crippen molar-refractivity contribution in [3.05, 3.63) is 64.7 Å². The Labute approximate surface area is 168 Å². The van der Waals surface area contributed by atoms with Gasteiger partial charge in [-0.15, -0.1) is 0 Å². The van der Waals surface area contributed by atoms with E-state index in [9.17, 15) is 9.59 Å². The third-order valence-electron chi connectivity index (χ3n) is 4.19. The molecule has 28 heavy (non-hydrogen) atoms. The molecule has 1 amide bonds. The number of carbonyl (C=O) groups excluding carboxylic acids is 2. The summed E-state index contributed by atoms with van der Waals surface area (Å²) in [6.45, 7) is 2.61. The van der Waals surface area contributed by atoms with E-state index in [2.05, 4.69) is 0 Å². The Kier molecular flexibility index (Phi) is 6.55. The van der Waals surface area contributed by atoms with Crippen LogP contribution in [0, 0.1) is 0 Å². The minimum absolute atomic E-state index is 0.201. The maximum absolute atomic E-state index is 12.4. The highest BCUT2D eigenvalue weighted by atomic mass is 35.5. The minimum Gasteiger partial charge on any atom is -0.454 e. The van der Waals surface area contributed by atoms with Crippen molar-refractivity contribution >= 4 is 29.6 Å². The van der Waals surface area contributed by atoms with Gasteiger partial charge in [-0.05, 0) is 42.3 Å². The lowest BCUT2D eigenvalue weighted by atomic mass is 10.2. The van der Waals surface area contributed by atoms with Crippen molar-refractivity contribution in [3.63, 3.8) is 0 Å². The first-order valence-corrected chi connectivity index (χ1v) is 9.20. The largest absolute Gasteiger partial charge is 0.454 e. The van der Waals surface area contributed by atoms with E-state index in [4.69, 9.17) is 25.8 Å². The molecule has 0 radical (unpaired) electrons. The number of likely N-dealkylation sites (N-methyl/N-ethyl adjacent to an activating group) is 1. The van der Waals surface area contributed by atoms with Crippen molar-refractivity contribution in [1.82, 2.24) is 4.90 Å². The topological polar surface area (TPSA) is 65.1 Å². The number of rotatable bonds is 7. The van der Waals surface area contributed by atoms with Gasteiger partial charge in [0.05, 0.1) is 0 Å². The van der Waals surface area contributed by atoms with E-state index >= 15 is 0 Å². The highest BCUT2D eigenvalue weighted by molar-refractivity contribution is 6.32. The van der Waals surface area contributed by atoms with Crippen LogP contribution in [-0.2, 0) is 20.9 Å². The molecule has 3 rings (SSSR count). The van der Waals surface area contributed by atoms with E-state index in [0.29, 0.717) is 35.2 Å². The third kappa shape index (κ3) is 5.04. The Morgan fingerprint density at radius 1 is 1.18 bits per heavy atom. The summed E-state index contributed by atoms with van der Waals surface area (Å²) in [6.07, 6.45) is 2.81. The van der Waals surface area contributed by atoms with Crippen molar-refractivity contribution < 1.29 is 23.8 Å². The molecule has 0 unspecified atom stereocenters. The van der Waals surface area contributed by atoms with Gasteiger partial charge in [-0.3, -0.25) is 4.79 Å². The Morgan fingerprint density at radius 2 is 1.96 bits per heavy atom. The van der Waals surface area contributed by atoms with Gasteiger partial charge in [-0.2, -0.15) is 0 Å². The second-order valence-electron chi connectivity index (χ2n) is 6.06. The third-order valence-corrected chi connectivity index (χ3v) is 4.53. The lowest BCUT2D eigenvalue weighted by molar-refractivity contribution is -0.148. The summed E-state index contributed by atoms with van der Waals surface area (Å²) in [4.78, 5) is 25.9. The number of ether oxygens (including phenoxy) is 3. The molecule has 0 aliphatic carbocycles. The van der Waals surface area contributed by atoms with Gasteiger partial charge in [0.25, 0.3) is 5.91 Å². The predicted octanol–water partition coefficient (Wildman–Crippen LogP) is 3.67. The fourth-order valence-electron chi connectivity index (χ4n) is 2.68. The molecule has 1 aliphatic rings. The summed E-state index contributed by atoms with van der Waals surface area (Å²) < 4.78 is 15.7. The average Bonchev–Trinajstić information content (AvgIpc) is 3.17. The summed E-state index contributed by atoms with van der Waals surface area (Å²) in [6, 6.07) is 12.7. The SMILES string of the molecule is CCN(Cc1ccc2c(c1)OCO2)C(=O)COC(=O)/C=C/c1ccccc1Cl. The van der Waals surface area contributed by atoms with Crippen LogP contribution in [0.1, 0.15) is 18.1 Å². The standard InChI is InChI=1S/C21H20ClNO5/c1-2-23(12-15-7-9-18-19(11-15)28-14-27-18)20(24)13-26-21(25)10-8-16-5-3-4-6-17(16)22/h3-11H,2,12-14H2,1H3/b10-8+. The number of hydrogen-bond donors (Lipinski definition) is 0. The molecule has 0 fully saturated rings. The molecule has 1 aliphatic heterocycles. The Balaban J connectivity index is 1.52. The predicted molar refractivity (Wildman–Crippen MR) is 105 cm³/mol. The molecule has 6 nitrogen and oxygen atoms in total. The van der Waals surface area contributed by atoms with Crippen LogP contribution in [0.3, 0.4) is 0 Å². The molecule has 2 aromatic carbocycles. The average molecular weight is 402 g/mol. The van der Waals surface area contributed by atoms with E-state index in [1.165, 1.54) is 6.08 Å². The monoisotopic (exact) mass is 401 g/mol. The molecular formula is C21H20ClNO5. The van der Waals surface area contributed by atoms with Gasteiger partial charge >= 0.3 is 5.97 Å². The van der Waals surface area contributed by atoms with Crippen LogP contribution in [0.2, 0.25) is 5.02 Å². The number of fused-ring (bicyclic) bond motifs is 1. The zero-order valence-corrected chi connectivity index (χ0v) is 16.1. The molecule has 0 spiro atoms. The van der Waals surface area contributed by atoms with E-state index in [1.54, 1.807) is 29.2 Å². The summed E-state index contributed by atoms with van der Waals surface area (Å²) in [5.41, 5.74) is 1.61. The highest BCUT2D eigenvalue weighted by Crippen LogP contribution is 2.32. The van der Waals surface area contributed by atoms with Gasteiger partial charge < -0.3 is 19.1 Å². The summed E-state index contributed by atoms with van der Waals surface area (Å²) >= 11 is 6.03. The van der Waals surface area contributed by atoms with Gasteiger partial charge in [0.1, 0.15) is 0 Å². The van der Waals surface area contributed by atoms with E-state index in [0.717, 1.165) is 5.56 Å². The fourth-order valence-corrected chi connectivity index (χ4v) is 2.88. The van der Waals surface area contributed by atoms with E-state index in [-0.39, 0.29) is 19.3 Å². The molecule has 0 atom stereocenters. The molecule has 0 N–H and O–H groups in total. The quantitative estimate of drug-likeness (QED) is 0.523. The lowest BCUT2D eigenvalue weighted by Gasteiger charge is -2.20. The van der Waals surface area contributed by atoms with Crippen molar-refractivity contribution in [2.45, 2.75) is 13.5 Å². The highest BCUT2D eigenvalue weighted by Gasteiger charge is 2.17. The molecule has 2 aromatic rings. The molecule has 0 bridgehead atoms. The number of nitrogens with zero attached hydrogens (tertiary/aromatic N) is 1. The van der Waals surface area contributed by atoms with Crippen LogP contribution in [0.25, 0.3) is 6.08 Å². The van der Waals surface area contributed by atoms with E-state index in [1.807, 2.05) is 31.2 Å². The molecular weight excluding hydrogens is 382 g/mol. The maximum atomic E-state index is 12.4. The van der Waals surface area contributed by atoms with Crippen molar-refractivity contribution in [1.29, 1.82) is 0 Å². The fraction of sp³-hybridized carbons (Fsp3) is 0.238. The van der Waals surface area contributed by atoms with Crippen LogP contribution in [0.15, 0.2) is 48.5 Å². The normalized spacial score (nSPS) is 12.2. The second kappa shape index (κ2) is 9.28. The summed E-state index contributed by atoms with van der Waals surface area (Å²) in [5, 5.41) is 0.531. The van der Waals surface area contributed by atoms with Gasteiger partial charge in [0.2, 0.25) is 6.79 Å². The van der Waals surface area contributed by atoms with Crippen molar-refractivity contribution in [2.24, 2.45) is 0 Å². The van der Waals surface area contributed by atoms with Gasteiger partial charge in [-0.1, -0.05) is 35.9 Å². The molecule has 1 heterocycles. The minimum atomic E-state index is -0.604. The van der Waals surface area contributed by atoms with Crippen LogP contribution >= 0.6 is 11.6 Å². The van der Waals surface area contributed by atoms with E-state index < -0.39 is 5.97 Å². The Bertz CT molecular complexity index is 896. The lowest BCUT2D eigenvalue weighted by Crippen LogP contribution is -2.33. The molecule has 0 saturated heterocycles. The Morgan fingerprint density at radius 3 is 2.75 bits per heavy atom. The molecule has 7 heteroatoms. The first kappa shape index (κ1) is 19.8. The first-order valence-electron chi connectivity index (χ1n) is 8.82. The number of carbonyl (C=O) groups is 2.